The predicted molar refractivity (Wildman–Crippen MR) is 97.4 cm³/mol. The molecule has 7 nitrogen and oxygen atoms in total. The lowest BCUT2D eigenvalue weighted by molar-refractivity contribution is -0.119. The van der Waals surface area contributed by atoms with Gasteiger partial charge in [0.2, 0.25) is 5.91 Å². The average molecular weight is 367 g/mol. The molecule has 0 aromatic heterocycles. The second-order valence-corrected chi connectivity index (χ2v) is 9.50. The van der Waals surface area contributed by atoms with Crippen molar-refractivity contribution in [2.75, 3.05) is 23.4 Å². The Bertz CT molecular complexity index is 753. The molecule has 3 N–H and O–H groups in total. The first-order valence-electron chi connectivity index (χ1n) is 8.21. The van der Waals surface area contributed by atoms with Gasteiger partial charge in [0.1, 0.15) is 0 Å². The number of sulfone groups is 1. The van der Waals surface area contributed by atoms with Gasteiger partial charge in [0.15, 0.2) is 9.84 Å². The van der Waals surface area contributed by atoms with Crippen molar-refractivity contribution in [3.63, 3.8) is 0 Å². The lowest BCUT2D eigenvalue weighted by Crippen LogP contribution is -2.41. The van der Waals surface area contributed by atoms with Crippen LogP contribution >= 0.6 is 0 Å². The van der Waals surface area contributed by atoms with Gasteiger partial charge in [-0.15, -0.1) is 0 Å². The predicted octanol–water partition coefficient (Wildman–Crippen LogP) is 0.930. The van der Waals surface area contributed by atoms with Crippen LogP contribution in [0, 0.1) is 0 Å². The maximum absolute atomic E-state index is 12.4. The Morgan fingerprint density at radius 1 is 1.20 bits per heavy atom. The number of carbonyl (C=O) groups excluding carboxylic acids is 2. The third-order valence-electron chi connectivity index (χ3n) is 3.70. The van der Waals surface area contributed by atoms with Crippen molar-refractivity contribution in [2.45, 2.75) is 38.8 Å². The van der Waals surface area contributed by atoms with Gasteiger partial charge in [0.25, 0.3) is 5.91 Å². The van der Waals surface area contributed by atoms with Crippen molar-refractivity contribution >= 4 is 27.3 Å². The molecular formula is C17H25N3O4S. The van der Waals surface area contributed by atoms with Crippen LogP contribution in [-0.4, -0.2) is 49.9 Å². The minimum absolute atomic E-state index is 0.0106. The lowest BCUT2D eigenvalue weighted by Gasteiger charge is -2.21. The van der Waals surface area contributed by atoms with E-state index in [0.717, 1.165) is 0 Å². The van der Waals surface area contributed by atoms with Crippen LogP contribution in [0.1, 0.15) is 37.6 Å². The molecule has 0 spiro atoms. The Balaban J connectivity index is 1.94. The number of hydrogen-bond acceptors (Lipinski definition) is 5. The van der Waals surface area contributed by atoms with Crippen LogP contribution in [0.15, 0.2) is 24.3 Å². The van der Waals surface area contributed by atoms with Crippen molar-refractivity contribution in [1.82, 2.24) is 10.6 Å². The highest BCUT2D eigenvalue weighted by Crippen LogP contribution is 2.16. The van der Waals surface area contributed by atoms with Gasteiger partial charge in [0, 0.05) is 17.3 Å². The average Bonchev–Trinajstić information content (AvgIpc) is 2.82. The molecule has 2 rings (SSSR count). The van der Waals surface area contributed by atoms with Crippen molar-refractivity contribution in [1.29, 1.82) is 0 Å². The Morgan fingerprint density at radius 3 is 2.48 bits per heavy atom. The standard InChI is InChI=1S/C17H25N3O4S/c1-17(2,3)20-16(22)13-6-4-5-7-14(13)18-10-15(21)19-12-8-9-25(23,24)11-12/h4-7,12,18H,8-11H2,1-3H3,(H,19,21)(H,20,22). The number of nitrogens with one attached hydrogen (secondary N) is 3. The summed E-state index contributed by atoms with van der Waals surface area (Å²) in [6, 6.07) is 6.61. The Hall–Kier alpha value is -2.09. The summed E-state index contributed by atoms with van der Waals surface area (Å²) in [7, 11) is -3.03. The van der Waals surface area contributed by atoms with Gasteiger partial charge in [-0.2, -0.15) is 0 Å². The molecule has 1 unspecified atom stereocenters. The van der Waals surface area contributed by atoms with Crippen LogP contribution in [-0.2, 0) is 14.6 Å². The summed E-state index contributed by atoms with van der Waals surface area (Å²) in [4.78, 5) is 24.4. The van der Waals surface area contributed by atoms with Gasteiger partial charge in [-0.05, 0) is 39.3 Å². The van der Waals surface area contributed by atoms with E-state index < -0.39 is 9.84 Å². The number of carbonyl (C=O) groups is 2. The number of benzene rings is 1. The fourth-order valence-electron chi connectivity index (χ4n) is 2.61. The van der Waals surface area contributed by atoms with Crippen molar-refractivity contribution in [3.05, 3.63) is 29.8 Å². The molecule has 0 aliphatic carbocycles. The van der Waals surface area contributed by atoms with E-state index >= 15 is 0 Å². The first-order chi connectivity index (χ1) is 11.6. The number of hydrogen-bond donors (Lipinski definition) is 3. The molecular weight excluding hydrogens is 342 g/mol. The van der Waals surface area contributed by atoms with Crippen LogP contribution < -0.4 is 16.0 Å². The second-order valence-electron chi connectivity index (χ2n) is 7.27. The molecule has 1 fully saturated rings. The highest BCUT2D eigenvalue weighted by molar-refractivity contribution is 7.91. The van der Waals surface area contributed by atoms with Gasteiger partial charge in [0.05, 0.1) is 23.6 Å². The summed E-state index contributed by atoms with van der Waals surface area (Å²) in [6.07, 6.45) is 0.443. The first kappa shape index (κ1) is 19.2. The quantitative estimate of drug-likeness (QED) is 0.718. The highest BCUT2D eigenvalue weighted by Gasteiger charge is 2.28. The van der Waals surface area contributed by atoms with Crippen molar-refractivity contribution in [2.24, 2.45) is 0 Å². The van der Waals surface area contributed by atoms with E-state index in [1.54, 1.807) is 24.3 Å². The molecule has 8 heteroatoms. The summed E-state index contributed by atoms with van der Waals surface area (Å²) < 4.78 is 22.8. The van der Waals surface area contributed by atoms with Crippen LogP contribution in [0.2, 0.25) is 0 Å². The zero-order chi connectivity index (χ0) is 18.7. The third kappa shape index (κ3) is 6.04. The maximum atomic E-state index is 12.4. The minimum atomic E-state index is -3.03. The molecule has 1 heterocycles. The summed E-state index contributed by atoms with van der Waals surface area (Å²) in [5.74, 6) is -0.421. The van der Waals surface area contributed by atoms with Crippen LogP contribution in [0.5, 0.6) is 0 Å². The zero-order valence-corrected chi connectivity index (χ0v) is 15.6. The molecule has 1 aliphatic rings. The Kier molecular flexibility index (Phi) is 5.72. The summed E-state index contributed by atoms with van der Waals surface area (Å²) in [5.41, 5.74) is 0.641. The molecule has 1 aromatic rings. The van der Waals surface area contributed by atoms with Gasteiger partial charge in [-0.25, -0.2) is 8.42 Å². The van der Waals surface area contributed by atoms with E-state index in [1.165, 1.54) is 0 Å². The third-order valence-corrected chi connectivity index (χ3v) is 5.47. The molecule has 0 saturated carbocycles. The highest BCUT2D eigenvalue weighted by atomic mass is 32.2. The minimum Gasteiger partial charge on any atom is -0.376 e. The fourth-order valence-corrected chi connectivity index (χ4v) is 4.28. The second kappa shape index (κ2) is 7.43. The molecule has 25 heavy (non-hydrogen) atoms. The molecule has 1 atom stereocenters. The van der Waals surface area contributed by atoms with Gasteiger partial charge < -0.3 is 16.0 Å². The largest absolute Gasteiger partial charge is 0.376 e. The Morgan fingerprint density at radius 2 is 1.88 bits per heavy atom. The van der Waals surface area contributed by atoms with Crippen LogP contribution in [0.25, 0.3) is 0 Å². The number of rotatable bonds is 5. The first-order valence-corrected chi connectivity index (χ1v) is 10.0. The molecule has 0 bridgehead atoms. The number of para-hydroxylation sites is 1. The Labute approximate surface area is 148 Å². The molecule has 1 aliphatic heterocycles. The molecule has 2 amide bonds. The topological polar surface area (TPSA) is 104 Å². The van der Waals surface area contributed by atoms with Crippen molar-refractivity contribution in [3.8, 4) is 0 Å². The summed E-state index contributed by atoms with van der Waals surface area (Å²) in [5, 5.41) is 8.55. The summed E-state index contributed by atoms with van der Waals surface area (Å²) >= 11 is 0. The number of amides is 2. The smallest absolute Gasteiger partial charge is 0.253 e. The summed E-state index contributed by atoms with van der Waals surface area (Å²) in [6.45, 7) is 5.65. The zero-order valence-electron chi connectivity index (χ0n) is 14.8. The van der Waals surface area contributed by atoms with Gasteiger partial charge in [-0.1, -0.05) is 12.1 Å². The lowest BCUT2D eigenvalue weighted by atomic mass is 10.1. The van der Waals surface area contributed by atoms with E-state index in [1.807, 2.05) is 20.8 Å². The van der Waals surface area contributed by atoms with E-state index in [4.69, 9.17) is 0 Å². The van der Waals surface area contributed by atoms with Crippen LogP contribution in [0.3, 0.4) is 0 Å². The van der Waals surface area contributed by atoms with Gasteiger partial charge in [-0.3, -0.25) is 9.59 Å². The molecule has 1 aromatic carbocycles. The van der Waals surface area contributed by atoms with E-state index in [2.05, 4.69) is 16.0 Å². The molecule has 0 radical (unpaired) electrons. The molecule has 138 valence electrons. The number of anilines is 1. The monoisotopic (exact) mass is 367 g/mol. The maximum Gasteiger partial charge on any atom is 0.253 e. The van der Waals surface area contributed by atoms with Crippen molar-refractivity contribution < 1.29 is 18.0 Å². The van der Waals surface area contributed by atoms with E-state index in [-0.39, 0.29) is 41.4 Å². The SMILES string of the molecule is CC(C)(C)NC(=O)c1ccccc1NCC(=O)NC1CCS(=O)(=O)C1. The van der Waals surface area contributed by atoms with Gasteiger partial charge >= 0.3 is 0 Å². The van der Waals surface area contributed by atoms with Crippen LogP contribution in [0.4, 0.5) is 5.69 Å². The van der Waals surface area contributed by atoms with E-state index in [9.17, 15) is 18.0 Å². The molecule has 1 saturated heterocycles. The normalized spacial score (nSPS) is 19.2. The van der Waals surface area contributed by atoms with E-state index in [0.29, 0.717) is 17.7 Å². The fraction of sp³-hybridized carbons (Fsp3) is 0.529.